The van der Waals surface area contributed by atoms with E-state index in [4.69, 9.17) is 0 Å². The van der Waals surface area contributed by atoms with Gasteiger partial charge in [0.25, 0.3) is 17.7 Å². The van der Waals surface area contributed by atoms with Crippen molar-refractivity contribution in [2.45, 2.75) is 136 Å². The Labute approximate surface area is 397 Å². The molecule has 1 aromatic heterocycles. The lowest BCUT2D eigenvalue weighted by Gasteiger charge is -2.38. The molecule has 1 fully saturated rings. The van der Waals surface area contributed by atoms with Crippen molar-refractivity contribution in [2.24, 2.45) is 17.8 Å². The summed E-state index contributed by atoms with van der Waals surface area (Å²) in [7, 11) is 3.61. The summed E-state index contributed by atoms with van der Waals surface area (Å²) < 4.78 is 0. The number of nitrogens with one attached hydrogen (secondary N) is 4. The van der Waals surface area contributed by atoms with Gasteiger partial charge in [0.1, 0.15) is 22.8 Å². The molecule has 19 heteroatoms. The number of anilines is 1. The fraction of sp³-hybridized carbons (Fsp3) is 0.604. The first-order chi connectivity index (χ1) is 31.6. The Balaban J connectivity index is 1.31. The minimum atomic E-state index is -1.11. The molecule has 0 saturated carbocycles. The summed E-state index contributed by atoms with van der Waals surface area (Å²) in [5.41, 5.74) is 0.574. The van der Waals surface area contributed by atoms with Crippen LogP contribution in [0.1, 0.15) is 126 Å². The summed E-state index contributed by atoms with van der Waals surface area (Å²) in [5.74, 6) is -4.41. The van der Waals surface area contributed by atoms with Crippen LogP contribution in [0.5, 0.6) is 0 Å². The van der Waals surface area contributed by atoms with E-state index < -0.39 is 53.5 Å². The smallest absolute Gasteiger partial charge is 0.306 e. The molecule has 0 aliphatic carbocycles. The Kier molecular flexibility index (Phi) is 20.2. The first kappa shape index (κ1) is 54.1. The normalized spacial score (nSPS) is 18.8. The minimum absolute atomic E-state index is 0.0540. The monoisotopic (exact) mass is 950 g/mol. The average Bonchev–Trinajstić information content (AvgIpc) is 4.01. The number of amides is 7. The summed E-state index contributed by atoms with van der Waals surface area (Å²) in [4.78, 5) is 111. The molecule has 0 spiro atoms. The number of likely N-dealkylation sites (tertiary alicyclic amines) is 1. The number of hydrogen-bond acceptors (Lipinski definition) is 12. The average molecular weight is 951 g/mol. The van der Waals surface area contributed by atoms with Gasteiger partial charge in [0.2, 0.25) is 23.6 Å². The van der Waals surface area contributed by atoms with Crippen LogP contribution < -0.4 is 21.3 Å². The van der Waals surface area contributed by atoms with E-state index in [2.05, 4.69) is 26.3 Å². The van der Waals surface area contributed by atoms with Crippen LogP contribution in [0, 0.1) is 17.8 Å². The number of carbonyl (C=O) groups excluding carboxylic acids is 7. The number of aliphatic carboxylic acids is 1. The number of nitrogens with zero attached hydrogens (tertiary/aromatic N) is 4. The Bertz CT molecular complexity index is 2090. The topological polar surface area (TPSA) is 248 Å². The fourth-order valence-electron chi connectivity index (χ4n) is 8.34. The van der Waals surface area contributed by atoms with Crippen LogP contribution in [0.15, 0.2) is 41.8 Å². The van der Waals surface area contributed by atoms with Crippen LogP contribution >= 0.6 is 11.3 Å². The van der Waals surface area contributed by atoms with Crippen LogP contribution in [-0.4, -0.2) is 135 Å². The van der Waals surface area contributed by atoms with Crippen molar-refractivity contribution in [1.29, 1.82) is 0 Å². The number of carbonyl (C=O) groups is 8. The maximum Gasteiger partial charge on any atom is 0.306 e. The highest BCUT2D eigenvalue weighted by molar-refractivity contribution is 7.09. The van der Waals surface area contributed by atoms with Gasteiger partial charge >= 0.3 is 5.97 Å². The van der Waals surface area contributed by atoms with Gasteiger partial charge in [0, 0.05) is 61.7 Å². The number of benzene rings is 1. The van der Waals surface area contributed by atoms with Gasteiger partial charge in [-0.1, -0.05) is 59.6 Å². The summed E-state index contributed by atoms with van der Waals surface area (Å²) in [6.45, 7) is 12.1. The van der Waals surface area contributed by atoms with E-state index in [0.29, 0.717) is 37.8 Å². The number of rotatable bonds is 26. The number of unbranched alkanes of at least 4 members (excludes halogenated alkanes) is 2. The molecule has 7 atom stereocenters. The molecule has 2 aliphatic heterocycles. The SMILES string of the molecule is CCC(C)[C@H](NC(=O)[C@@]1(C)CCCN1C)C(=O)N(C)[C@H](C[C@@H](O)c1nc(C(=O)N[C@@H](Cc2ccc(NC(=O)CNC(=O)CCCCCN3C(=O)C=CC3=O)cc2)C[C@H](C)C(=O)O)cs1)C(C)C. The lowest BCUT2D eigenvalue weighted by Crippen LogP contribution is -2.60. The zero-order valence-electron chi connectivity index (χ0n) is 40.1. The number of aliphatic hydroxyl groups is 1. The number of aliphatic hydroxyl groups excluding tert-OH is 1. The molecule has 6 N–H and O–H groups in total. The summed E-state index contributed by atoms with van der Waals surface area (Å²) in [5, 5.41) is 34.3. The van der Waals surface area contributed by atoms with E-state index in [1.807, 2.05) is 46.6 Å². The first-order valence-corrected chi connectivity index (χ1v) is 24.2. The largest absolute Gasteiger partial charge is 0.481 e. The van der Waals surface area contributed by atoms with Crippen LogP contribution in [0.4, 0.5) is 5.69 Å². The van der Waals surface area contributed by atoms with Crippen molar-refractivity contribution in [1.82, 2.24) is 35.6 Å². The van der Waals surface area contributed by atoms with Crippen molar-refractivity contribution in [3.63, 3.8) is 0 Å². The highest BCUT2D eigenvalue weighted by Gasteiger charge is 2.44. The molecular formula is C48H70N8O10S. The van der Waals surface area contributed by atoms with Gasteiger partial charge in [-0.3, -0.25) is 48.2 Å². The maximum atomic E-state index is 14.1. The van der Waals surface area contributed by atoms with Crippen molar-refractivity contribution in [2.75, 3.05) is 39.0 Å². The van der Waals surface area contributed by atoms with E-state index in [1.165, 1.54) is 17.5 Å². The second-order valence-electron chi connectivity index (χ2n) is 18.6. The molecule has 2 aromatic rings. The molecule has 1 saturated heterocycles. The van der Waals surface area contributed by atoms with Gasteiger partial charge in [-0.05, 0) is 88.6 Å². The molecule has 368 valence electrons. The van der Waals surface area contributed by atoms with Crippen molar-refractivity contribution >= 4 is 64.3 Å². The number of carboxylic acid groups (broad SMARTS) is 1. The van der Waals surface area contributed by atoms with Gasteiger partial charge in [0.05, 0.1) is 18.0 Å². The maximum absolute atomic E-state index is 14.1. The van der Waals surface area contributed by atoms with Gasteiger partial charge in [-0.25, -0.2) is 4.98 Å². The van der Waals surface area contributed by atoms with Crippen LogP contribution in [0.3, 0.4) is 0 Å². The van der Waals surface area contributed by atoms with Gasteiger partial charge < -0.3 is 36.4 Å². The number of carboxylic acids is 1. The van der Waals surface area contributed by atoms with Gasteiger partial charge in [-0.15, -0.1) is 11.3 Å². The summed E-state index contributed by atoms with van der Waals surface area (Å²) in [6, 6.07) is 5.02. The van der Waals surface area contributed by atoms with E-state index >= 15 is 0 Å². The fourth-order valence-corrected chi connectivity index (χ4v) is 9.14. The van der Waals surface area contributed by atoms with E-state index in [9.17, 15) is 48.6 Å². The zero-order valence-corrected chi connectivity index (χ0v) is 40.9. The van der Waals surface area contributed by atoms with E-state index in [0.717, 1.165) is 34.8 Å². The molecule has 3 heterocycles. The van der Waals surface area contributed by atoms with Crippen LogP contribution in [0.2, 0.25) is 0 Å². The molecule has 0 radical (unpaired) electrons. The Morgan fingerprint density at radius 3 is 2.21 bits per heavy atom. The predicted molar refractivity (Wildman–Crippen MR) is 254 cm³/mol. The number of hydrogen-bond donors (Lipinski definition) is 6. The second-order valence-corrected chi connectivity index (χ2v) is 19.5. The molecule has 2 aliphatic rings. The number of likely N-dealkylation sites (N-methyl/N-ethyl adjacent to an activating group) is 2. The lowest BCUT2D eigenvalue weighted by atomic mass is 9.91. The van der Waals surface area contributed by atoms with E-state index in [-0.39, 0.29) is 90.8 Å². The highest BCUT2D eigenvalue weighted by Crippen LogP contribution is 2.30. The van der Waals surface area contributed by atoms with Crippen molar-refractivity contribution in [3.8, 4) is 0 Å². The minimum Gasteiger partial charge on any atom is -0.481 e. The molecule has 1 unspecified atom stereocenters. The zero-order chi connectivity index (χ0) is 49.6. The predicted octanol–water partition coefficient (Wildman–Crippen LogP) is 4.06. The quantitative estimate of drug-likeness (QED) is 0.0578. The standard InChI is InChI=1S/C48H70N8O10S/c1-9-30(4)42(53-47(66)48(6)21-13-22-54(48)7)45(63)55(8)36(29(2)3)26-37(57)44-52-35(28-67-44)43(62)51-34(24-31(5)46(64)65)25-32-15-17-33(18-16-32)50-39(59)27-49-38(58)14-11-10-12-23-56-40(60)19-20-41(56)61/h15-20,28-31,34,36-37,42,57H,9-14,21-27H2,1-8H3,(H,49,58)(H,50,59)(H,51,62)(H,53,66)(H,64,65)/t30?,31-,34+,36+,37+,42-,48+/m0/s1. The lowest BCUT2D eigenvalue weighted by molar-refractivity contribution is -0.142. The molecule has 7 amide bonds. The Hall–Kier alpha value is -5.53. The number of imide groups is 1. The van der Waals surface area contributed by atoms with Crippen LogP contribution in [0.25, 0.3) is 0 Å². The Morgan fingerprint density at radius 1 is 0.940 bits per heavy atom. The third-order valence-electron chi connectivity index (χ3n) is 13.1. The number of thiazole rings is 1. The molecule has 4 rings (SSSR count). The number of aromatic nitrogens is 1. The van der Waals surface area contributed by atoms with Crippen molar-refractivity contribution in [3.05, 3.63) is 58.1 Å². The highest BCUT2D eigenvalue weighted by atomic mass is 32.1. The molecule has 67 heavy (non-hydrogen) atoms. The summed E-state index contributed by atoms with van der Waals surface area (Å²) >= 11 is 1.11. The first-order valence-electron chi connectivity index (χ1n) is 23.3. The molecular weight excluding hydrogens is 881 g/mol. The Morgan fingerprint density at radius 2 is 1.61 bits per heavy atom. The van der Waals surface area contributed by atoms with Crippen molar-refractivity contribution < 1.29 is 48.6 Å². The molecule has 1 aromatic carbocycles. The van der Waals surface area contributed by atoms with Gasteiger partial charge in [0.15, 0.2) is 0 Å². The summed E-state index contributed by atoms with van der Waals surface area (Å²) in [6.07, 6.45) is 6.03. The van der Waals surface area contributed by atoms with E-state index in [1.54, 1.807) is 43.1 Å². The second kappa shape index (κ2) is 25.0. The van der Waals surface area contributed by atoms with Gasteiger partial charge in [-0.2, -0.15) is 0 Å². The van der Waals surface area contributed by atoms with Crippen LogP contribution in [-0.2, 0) is 40.0 Å². The third-order valence-corrected chi connectivity index (χ3v) is 14.1. The molecule has 0 bridgehead atoms. The molecule has 18 nitrogen and oxygen atoms in total. The third kappa shape index (κ3) is 15.2.